The van der Waals surface area contributed by atoms with Gasteiger partial charge in [-0.15, -0.1) is 0 Å². The summed E-state index contributed by atoms with van der Waals surface area (Å²) in [5.41, 5.74) is 2.69. The van der Waals surface area contributed by atoms with E-state index < -0.39 is 0 Å². The van der Waals surface area contributed by atoms with Crippen molar-refractivity contribution in [1.29, 1.82) is 0 Å². The van der Waals surface area contributed by atoms with Crippen LogP contribution in [0, 0.1) is 6.92 Å². The number of nitrogens with zero attached hydrogens (tertiary/aromatic N) is 2. The highest BCUT2D eigenvalue weighted by atomic mass is 16.1. The third-order valence-corrected chi connectivity index (χ3v) is 4.62. The number of aromatic nitrogens is 2. The van der Waals surface area contributed by atoms with E-state index in [0.29, 0.717) is 17.6 Å². The first-order chi connectivity index (χ1) is 11.2. The lowest BCUT2D eigenvalue weighted by molar-refractivity contribution is -0.108. The smallest absolute Gasteiger partial charge is 0.277 e. The maximum Gasteiger partial charge on any atom is 0.277 e. The maximum absolute atomic E-state index is 12.6. The van der Waals surface area contributed by atoms with Crippen LogP contribution in [0.2, 0.25) is 0 Å². The molecule has 0 saturated heterocycles. The molecule has 0 aromatic carbocycles. The Labute approximate surface area is 136 Å². The Hall–Kier alpha value is -2.17. The van der Waals surface area contributed by atoms with Crippen molar-refractivity contribution in [3.8, 4) is 0 Å². The molecule has 2 aliphatic rings. The van der Waals surface area contributed by atoms with Crippen molar-refractivity contribution in [3.63, 3.8) is 0 Å². The first-order valence-corrected chi connectivity index (χ1v) is 8.35. The van der Waals surface area contributed by atoms with Gasteiger partial charge in [-0.3, -0.25) is 9.36 Å². The van der Waals surface area contributed by atoms with Gasteiger partial charge in [0.15, 0.2) is 0 Å². The summed E-state index contributed by atoms with van der Waals surface area (Å²) in [6.07, 6.45) is 13.6. The van der Waals surface area contributed by atoms with Gasteiger partial charge in [0, 0.05) is 6.04 Å². The standard InChI is InChI=1S/C18H23N3O2/c1-13-19-16-10-9-15(8-7-14-5-3-2-4-6-14)20-17(16)18(23)21(13)11-12-22/h3,5-6,12,15,20H,2,4,7-11H2,1H3. The lowest BCUT2D eigenvalue weighted by Gasteiger charge is -2.27. The minimum absolute atomic E-state index is 0.0645. The summed E-state index contributed by atoms with van der Waals surface area (Å²) in [6, 6.07) is 0.292. The topological polar surface area (TPSA) is 64.0 Å². The van der Waals surface area contributed by atoms with Crippen LogP contribution >= 0.6 is 0 Å². The van der Waals surface area contributed by atoms with Gasteiger partial charge in [0.2, 0.25) is 0 Å². The second-order valence-corrected chi connectivity index (χ2v) is 6.24. The first kappa shape index (κ1) is 15.7. The molecule has 1 aliphatic heterocycles. The van der Waals surface area contributed by atoms with E-state index in [0.717, 1.165) is 50.5 Å². The molecule has 0 radical (unpaired) electrons. The number of carbonyl (C=O) groups is 1. The van der Waals surface area contributed by atoms with Gasteiger partial charge in [-0.2, -0.15) is 0 Å². The van der Waals surface area contributed by atoms with Crippen LogP contribution in [-0.4, -0.2) is 21.9 Å². The summed E-state index contributed by atoms with van der Waals surface area (Å²) < 4.78 is 1.44. The predicted molar refractivity (Wildman–Crippen MR) is 90.7 cm³/mol. The van der Waals surface area contributed by atoms with Crippen LogP contribution in [0.5, 0.6) is 0 Å². The number of aldehydes is 1. The SMILES string of the molecule is Cc1nc2c(c(=O)n1CC=O)NC(CCC1=CCCC=C1)CC2. The number of carbonyl (C=O) groups excluding carboxylic acids is 1. The molecule has 5 nitrogen and oxygen atoms in total. The molecule has 0 fully saturated rings. The Morgan fingerprint density at radius 2 is 2.30 bits per heavy atom. The van der Waals surface area contributed by atoms with Crippen molar-refractivity contribution >= 4 is 12.0 Å². The largest absolute Gasteiger partial charge is 0.376 e. The highest BCUT2D eigenvalue weighted by Crippen LogP contribution is 2.24. The number of rotatable bonds is 5. The van der Waals surface area contributed by atoms with Crippen LogP contribution in [0.3, 0.4) is 0 Å². The van der Waals surface area contributed by atoms with E-state index >= 15 is 0 Å². The highest BCUT2D eigenvalue weighted by molar-refractivity contribution is 5.53. The van der Waals surface area contributed by atoms with E-state index in [1.54, 1.807) is 6.92 Å². The Morgan fingerprint density at radius 1 is 1.43 bits per heavy atom. The number of anilines is 1. The fourth-order valence-corrected chi connectivity index (χ4v) is 3.33. The number of nitrogens with one attached hydrogen (secondary N) is 1. The molecule has 1 aliphatic carbocycles. The molecular weight excluding hydrogens is 290 g/mol. The average molecular weight is 313 g/mol. The minimum atomic E-state index is -0.124. The van der Waals surface area contributed by atoms with Crippen LogP contribution in [0.4, 0.5) is 5.69 Å². The van der Waals surface area contributed by atoms with Crippen LogP contribution < -0.4 is 10.9 Å². The van der Waals surface area contributed by atoms with Crippen molar-refractivity contribution in [2.24, 2.45) is 0 Å². The molecule has 1 N–H and O–H groups in total. The predicted octanol–water partition coefficient (Wildman–Crippen LogP) is 2.53. The Balaban J connectivity index is 1.73. The Bertz CT molecular complexity index is 716. The van der Waals surface area contributed by atoms with Crippen LogP contribution in [0.1, 0.15) is 43.6 Å². The lowest BCUT2D eigenvalue weighted by atomic mass is 9.95. The molecule has 0 spiro atoms. The zero-order valence-corrected chi connectivity index (χ0v) is 13.5. The second-order valence-electron chi connectivity index (χ2n) is 6.24. The highest BCUT2D eigenvalue weighted by Gasteiger charge is 2.23. The summed E-state index contributed by atoms with van der Waals surface area (Å²) in [5.74, 6) is 0.610. The zero-order chi connectivity index (χ0) is 16.2. The zero-order valence-electron chi connectivity index (χ0n) is 13.5. The summed E-state index contributed by atoms with van der Waals surface area (Å²) in [4.78, 5) is 27.8. The number of aryl methyl sites for hydroxylation is 2. The fourth-order valence-electron chi connectivity index (χ4n) is 3.33. The molecule has 5 heteroatoms. The molecule has 2 heterocycles. The van der Waals surface area contributed by atoms with E-state index in [2.05, 4.69) is 28.5 Å². The summed E-state index contributed by atoms with van der Waals surface area (Å²) in [7, 11) is 0. The number of hydrogen-bond donors (Lipinski definition) is 1. The lowest BCUT2D eigenvalue weighted by Crippen LogP contribution is -2.35. The van der Waals surface area contributed by atoms with Crippen molar-refractivity contribution in [2.45, 2.75) is 58.0 Å². The molecule has 122 valence electrons. The van der Waals surface area contributed by atoms with Gasteiger partial charge in [-0.25, -0.2) is 4.98 Å². The quantitative estimate of drug-likeness (QED) is 0.849. The molecule has 0 amide bonds. The molecule has 0 saturated carbocycles. The summed E-state index contributed by atoms with van der Waals surface area (Å²) in [5, 5.41) is 3.37. The van der Waals surface area contributed by atoms with E-state index in [1.165, 1.54) is 10.1 Å². The monoisotopic (exact) mass is 313 g/mol. The van der Waals surface area contributed by atoms with E-state index in [9.17, 15) is 9.59 Å². The van der Waals surface area contributed by atoms with E-state index in [1.807, 2.05) is 0 Å². The number of fused-ring (bicyclic) bond motifs is 1. The third kappa shape index (κ3) is 3.44. The van der Waals surface area contributed by atoms with Crippen LogP contribution in [-0.2, 0) is 17.8 Å². The summed E-state index contributed by atoms with van der Waals surface area (Å²) >= 11 is 0. The molecule has 1 unspecified atom stereocenters. The Kier molecular flexibility index (Phi) is 4.74. The first-order valence-electron chi connectivity index (χ1n) is 8.35. The van der Waals surface area contributed by atoms with Gasteiger partial charge in [0.1, 0.15) is 17.8 Å². The van der Waals surface area contributed by atoms with E-state index in [-0.39, 0.29) is 12.1 Å². The molecule has 0 bridgehead atoms. The van der Waals surface area contributed by atoms with Crippen molar-refractivity contribution in [3.05, 3.63) is 45.7 Å². The van der Waals surface area contributed by atoms with Gasteiger partial charge in [0.05, 0.1) is 12.2 Å². The normalized spacial score (nSPS) is 19.7. The molecule has 3 rings (SSSR count). The van der Waals surface area contributed by atoms with Gasteiger partial charge >= 0.3 is 0 Å². The molecule has 1 aromatic rings. The van der Waals surface area contributed by atoms with E-state index in [4.69, 9.17) is 0 Å². The maximum atomic E-state index is 12.6. The second kappa shape index (κ2) is 6.94. The van der Waals surface area contributed by atoms with Gasteiger partial charge < -0.3 is 10.1 Å². The molecule has 23 heavy (non-hydrogen) atoms. The minimum Gasteiger partial charge on any atom is -0.376 e. The molecule has 1 aromatic heterocycles. The van der Waals surface area contributed by atoms with Crippen molar-refractivity contribution in [2.75, 3.05) is 5.32 Å². The van der Waals surface area contributed by atoms with Crippen molar-refractivity contribution < 1.29 is 4.79 Å². The molecule has 1 atom stereocenters. The molecular formula is C18H23N3O2. The average Bonchev–Trinajstić information content (AvgIpc) is 2.58. The van der Waals surface area contributed by atoms with Crippen LogP contribution in [0.25, 0.3) is 0 Å². The van der Waals surface area contributed by atoms with Crippen LogP contribution in [0.15, 0.2) is 28.6 Å². The third-order valence-electron chi connectivity index (χ3n) is 4.62. The summed E-state index contributed by atoms with van der Waals surface area (Å²) in [6.45, 7) is 1.84. The number of allylic oxidation sites excluding steroid dienone is 4. The van der Waals surface area contributed by atoms with Gasteiger partial charge in [-0.1, -0.05) is 23.8 Å². The number of hydrogen-bond acceptors (Lipinski definition) is 4. The van der Waals surface area contributed by atoms with Crippen molar-refractivity contribution in [1.82, 2.24) is 9.55 Å². The Morgan fingerprint density at radius 3 is 3.04 bits per heavy atom. The van der Waals surface area contributed by atoms with Gasteiger partial charge in [0.25, 0.3) is 5.56 Å². The van der Waals surface area contributed by atoms with Gasteiger partial charge in [-0.05, 0) is 45.4 Å². The fraction of sp³-hybridized carbons (Fsp3) is 0.500.